The third-order valence-corrected chi connectivity index (χ3v) is 2.13. The molecule has 0 unspecified atom stereocenters. The van der Waals surface area contributed by atoms with Gasteiger partial charge in [0.2, 0.25) is 0 Å². The molecule has 2 N–H and O–H groups in total. The molecule has 0 spiro atoms. The molecule has 0 radical (unpaired) electrons. The van der Waals surface area contributed by atoms with Gasteiger partial charge in [-0.3, -0.25) is 14.2 Å². The molecule has 1 heterocycles. The lowest BCUT2D eigenvalue weighted by Gasteiger charge is -2.08. The summed E-state index contributed by atoms with van der Waals surface area (Å²) in [5.41, 5.74) is -0.870. The number of carbonyl (C=O) groups is 1. The highest BCUT2D eigenvalue weighted by Crippen LogP contribution is 2.13. The SMILES string of the molecule is CCn1c(O)cc(CC(=O)O)c(C#N)c1=O. The minimum atomic E-state index is -1.16. The number of carboxylic acid groups (broad SMARTS) is 1. The molecule has 1 rings (SSSR count). The van der Waals surface area contributed by atoms with Crippen LogP contribution in [0.5, 0.6) is 5.88 Å². The van der Waals surface area contributed by atoms with E-state index in [0.717, 1.165) is 10.6 Å². The Hall–Kier alpha value is -2.29. The summed E-state index contributed by atoms with van der Waals surface area (Å²) >= 11 is 0. The van der Waals surface area contributed by atoms with Gasteiger partial charge < -0.3 is 10.2 Å². The lowest BCUT2D eigenvalue weighted by molar-refractivity contribution is -0.136. The monoisotopic (exact) mass is 222 g/mol. The lowest BCUT2D eigenvalue weighted by Crippen LogP contribution is -2.24. The van der Waals surface area contributed by atoms with E-state index in [2.05, 4.69) is 0 Å². The Kier molecular flexibility index (Phi) is 3.30. The second-order valence-corrected chi connectivity index (χ2v) is 3.13. The number of carboxylic acids is 1. The summed E-state index contributed by atoms with van der Waals surface area (Å²) in [4.78, 5) is 22.2. The highest BCUT2D eigenvalue weighted by molar-refractivity contribution is 5.71. The lowest BCUT2D eigenvalue weighted by atomic mass is 10.1. The molecule has 6 heteroatoms. The fourth-order valence-corrected chi connectivity index (χ4v) is 1.41. The van der Waals surface area contributed by atoms with Gasteiger partial charge in [-0.2, -0.15) is 5.26 Å². The van der Waals surface area contributed by atoms with Crippen molar-refractivity contribution in [3.05, 3.63) is 27.5 Å². The van der Waals surface area contributed by atoms with Crippen molar-refractivity contribution in [1.29, 1.82) is 5.26 Å². The average Bonchev–Trinajstić information content (AvgIpc) is 2.17. The van der Waals surface area contributed by atoms with Crippen molar-refractivity contribution in [2.45, 2.75) is 19.9 Å². The van der Waals surface area contributed by atoms with Crippen LogP contribution in [0, 0.1) is 11.3 Å². The number of nitrogens with zero attached hydrogens (tertiary/aromatic N) is 2. The van der Waals surface area contributed by atoms with Gasteiger partial charge in [0.25, 0.3) is 5.56 Å². The van der Waals surface area contributed by atoms with E-state index in [-0.39, 0.29) is 23.6 Å². The van der Waals surface area contributed by atoms with Gasteiger partial charge >= 0.3 is 5.97 Å². The highest BCUT2D eigenvalue weighted by atomic mass is 16.4. The summed E-state index contributed by atoms with van der Waals surface area (Å²) in [6.07, 6.45) is -0.462. The molecule has 0 fully saturated rings. The number of aromatic nitrogens is 1. The van der Waals surface area contributed by atoms with Gasteiger partial charge in [-0.15, -0.1) is 0 Å². The van der Waals surface area contributed by atoms with Crippen LogP contribution >= 0.6 is 0 Å². The van der Waals surface area contributed by atoms with Crippen LogP contribution in [-0.4, -0.2) is 20.7 Å². The summed E-state index contributed by atoms with van der Waals surface area (Å²) in [6, 6.07) is 2.80. The molecule has 0 saturated heterocycles. The first kappa shape index (κ1) is 11.8. The quantitative estimate of drug-likeness (QED) is 0.753. The van der Waals surface area contributed by atoms with Gasteiger partial charge in [-0.1, -0.05) is 0 Å². The van der Waals surface area contributed by atoms with Gasteiger partial charge in [0.15, 0.2) is 5.88 Å². The summed E-state index contributed by atoms with van der Waals surface area (Å²) < 4.78 is 1.00. The Morgan fingerprint density at radius 3 is 2.69 bits per heavy atom. The maximum atomic E-state index is 11.6. The van der Waals surface area contributed by atoms with Crippen molar-refractivity contribution in [1.82, 2.24) is 4.57 Å². The van der Waals surface area contributed by atoms with Crippen LogP contribution in [0.4, 0.5) is 0 Å². The van der Waals surface area contributed by atoms with Gasteiger partial charge in [-0.25, -0.2) is 0 Å². The second kappa shape index (κ2) is 4.49. The van der Waals surface area contributed by atoms with Gasteiger partial charge in [0.1, 0.15) is 11.6 Å². The van der Waals surface area contributed by atoms with Crippen LogP contribution in [0.1, 0.15) is 18.1 Å². The zero-order chi connectivity index (χ0) is 12.3. The second-order valence-electron chi connectivity index (χ2n) is 3.13. The van der Waals surface area contributed by atoms with Crippen LogP contribution in [0.2, 0.25) is 0 Å². The predicted molar refractivity (Wildman–Crippen MR) is 54.1 cm³/mol. The van der Waals surface area contributed by atoms with Crippen LogP contribution in [0.15, 0.2) is 10.9 Å². The molecule has 1 aromatic rings. The molecule has 0 aromatic carbocycles. The fraction of sp³-hybridized carbons (Fsp3) is 0.300. The van der Waals surface area contributed by atoms with Gasteiger partial charge in [0.05, 0.1) is 6.42 Å². The van der Waals surface area contributed by atoms with Crippen LogP contribution in [0.25, 0.3) is 0 Å². The first-order valence-electron chi connectivity index (χ1n) is 4.58. The van der Waals surface area contributed by atoms with E-state index in [9.17, 15) is 14.7 Å². The van der Waals surface area contributed by atoms with E-state index < -0.39 is 17.9 Å². The molecule has 6 nitrogen and oxygen atoms in total. The van der Waals surface area contributed by atoms with Gasteiger partial charge in [0, 0.05) is 12.6 Å². The molecule has 0 amide bonds. The molecule has 16 heavy (non-hydrogen) atoms. The number of hydrogen-bond acceptors (Lipinski definition) is 4. The van der Waals surface area contributed by atoms with Crippen molar-refractivity contribution in [2.75, 3.05) is 0 Å². The summed E-state index contributed by atoms with van der Waals surface area (Å²) in [6.45, 7) is 1.85. The van der Waals surface area contributed by atoms with E-state index in [0.29, 0.717) is 0 Å². The number of aliphatic carboxylic acids is 1. The third kappa shape index (κ3) is 2.03. The van der Waals surface area contributed by atoms with Crippen molar-refractivity contribution < 1.29 is 15.0 Å². The van der Waals surface area contributed by atoms with Crippen molar-refractivity contribution in [2.24, 2.45) is 0 Å². The van der Waals surface area contributed by atoms with Crippen LogP contribution in [-0.2, 0) is 17.8 Å². The Labute approximate surface area is 91.0 Å². The van der Waals surface area contributed by atoms with E-state index in [1.54, 1.807) is 13.0 Å². The number of pyridine rings is 1. The Morgan fingerprint density at radius 2 is 2.25 bits per heavy atom. The molecule has 0 bridgehead atoms. The molecule has 0 aliphatic heterocycles. The van der Waals surface area contributed by atoms with Gasteiger partial charge in [-0.05, 0) is 12.5 Å². The number of rotatable bonds is 3. The average molecular weight is 222 g/mol. The Balaban J connectivity index is 3.48. The molecule has 0 saturated carbocycles. The molecular formula is C10H10N2O4. The smallest absolute Gasteiger partial charge is 0.307 e. The number of hydrogen-bond donors (Lipinski definition) is 2. The summed E-state index contributed by atoms with van der Waals surface area (Å²) in [7, 11) is 0. The van der Waals surface area contributed by atoms with E-state index in [4.69, 9.17) is 10.4 Å². The van der Waals surface area contributed by atoms with E-state index in [1.165, 1.54) is 0 Å². The predicted octanol–water partition coefficient (Wildman–Crippen LogP) is 0.0726. The van der Waals surface area contributed by atoms with E-state index in [1.807, 2.05) is 0 Å². The molecule has 0 atom stereocenters. The molecule has 0 aliphatic rings. The first-order chi connectivity index (χ1) is 7.51. The number of aromatic hydroxyl groups is 1. The maximum absolute atomic E-state index is 11.6. The highest BCUT2D eigenvalue weighted by Gasteiger charge is 2.15. The maximum Gasteiger partial charge on any atom is 0.307 e. The summed E-state index contributed by atoms with van der Waals surface area (Å²) in [5, 5.41) is 26.8. The van der Waals surface area contributed by atoms with Crippen LogP contribution in [0.3, 0.4) is 0 Å². The minimum Gasteiger partial charge on any atom is -0.494 e. The standard InChI is InChI=1S/C10H10N2O4/c1-2-12-8(13)3-6(4-9(14)15)7(5-11)10(12)16/h3,13H,2,4H2,1H3,(H,14,15). The van der Waals surface area contributed by atoms with Crippen molar-refractivity contribution >= 4 is 5.97 Å². The Morgan fingerprint density at radius 1 is 1.62 bits per heavy atom. The zero-order valence-corrected chi connectivity index (χ0v) is 8.60. The Bertz CT molecular complexity index is 525. The summed E-state index contributed by atoms with van der Waals surface area (Å²) in [5.74, 6) is -1.49. The third-order valence-electron chi connectivity index (χ3n) is 2.13. The molecule has 84 valence electrons. The fourth-order valence-electron chi connectivity index (χ4n) is 1.41. The minimum absolute atomic E-state index is 0.0298. The first-order valence-corrected chi connectivity index (χ1v) is 4.58. The topological polar surface area (TPSA) is 103 Å². The largest absolute Gasteiger partial charge is 0.494 e. The molecule has 0 aliphatic carbocycles. The van der Waals surface area contributed by atoms with Crippen molar-refractivity contribution in [3.63, 3.8) is 0 Å². The normalized spacial score (nSPS) is 9.75. The van der Waals surface area contributed by atoms with Crippen LogP contribution < -0.4 is 5.56 Å². The molecular weight excluding hydrogens is 212 g/mol. The van der Waals surface area contributed by atoms with Crippen molar-refractivity contribution in [3.8, 4) is 11.9 Å². The number of nitriles is 1. The van der Waals surface area contributed by atoms with E-state index >= 15 is 0 Å². The molecule has 1 aromatic heterocycles. The zero-order valence-electron chi connectivity index (χ0n) is 8.60.